The van der Waals surface area contributed by atoms with Gasteiger partial charge in [0, 0.05) is 30.6 Å². The summed E-state index contributed by atoms with van der Waals surface area (Å²) in [7, 11) is 1.63. The van der Waals surface area contributed by atoms with E-state index < -0.39 is 0 Å². The Morgan fingerprint density at radius 2 is 2.31 bits per heavy atom. The van der Waals surface area contributed by atoms with Gasteiger partial charge in [-0.3, -0.25) is 0 Å². The van der Waals surface area contributed by atoms with Crippen molar-refractivity contribution >= 4 is 11.8 Å². The molecule has 4 heteroatoms. The fourth-order valence-corrected chi connectivity index (χ4v) is 2.18. The fraction of sp³-hybridized carbons (Fsp3) is 0.583. The largest absolute Gasteiger partial charge is 0.481 e. The summed E-state index contributed by atoms with van der Waals surface area (Å²) in [6, 6.07) is 4.52. The Labute approximate surface area is 102 Å². The van der Waals surface area contributed by atoms with Gasteiger partial charge in [-0.15, -0.1) is 0 Å². The average Bonchev–Trinajstić information content (AvgIpc) is 2.35. The van der Waals surface area contributed by atoms with Crippen molar-refractivity contribution in [1.82, 2.24) is 10.3 Å². The van der Waals surface area contributed by atoms with Gasteiger partial charge >= 0.3 is 0 Å². The topological polar surface area (TPSA) is 34.1 Å². The summed E-state index contributed by atoms with van der Waals surface area (Å²) in [6.45, 7) is 3.08. The number of aromatic nitrogens is 1. The first kappa shape index (κ1) is 13.3. The highest BCUT2D eigenvalue weighted by molar-refractivity contribution is 7.98. The van der Waals surface area contributed by atoms with E-state index in [-0.39, 0.29) is 0 Å². The number of hydrogen-bond donors (Lipinski definition) is 1. The maximum absolute atomic E-state index is 5.02. The van der Waals surface area contributed by atoms with Gasteiger partial charge in [-0.2, -0.15) is 11.8 Å². The second kappa shape index (κ2) is 7.52. The third-order valence-corrected chi connectivity index (χ3v) is 3.20. The third kappa shape index (κ3) is 4.41. The molecule has 1 atom stereocenters. The Morgan fingerprint density at radius 3 is 2.81 bits per heavy atom. The first-order valence-corrected chi connectivity index (χ1v) is 6.90. The summed E-state index contributed by atoms with van der Waals surface area (Å²) in [4.78, 5) is 4.18. The molecule has 1 aromatic rings. The molecule has 3 nitrogen and oxygen atoms in total. The quantitative estimate of drug-likeness (QED) is 0.793. The molecule has 0 radical (unpaired) electrons. The van der Waals surface area contributed by atoms with E-state index in [0.717, 1.165) is 18.7 Å². The minimum absolute atomic E-state index is 0.581. The van der Waals surface area contributed by atoms with Crippen LogP contribution in [-0.4, -0.2) is 30.1 Å². The lowest BCUT2D eigenvalue weighted by atomic mass is 10.2. The molecule has 1 heterocycles. The first-order valence-electron chi connectivity index (χ1n) is 5.51. The molecular formula is C12H20N2OS. The first-order chi connectivity index (χ1) is 7.80. The van der Waals surface area contributed by atoms with Crippen LogP contribution in [0.3, 0.4) is 0 Å². The average molecular weight is 240 g/mol. The van der Waals surface area contributed by atoms with Crippen LogP contribution < -0.4 is 10.1 Å². The second-order valence-electron chi connectivity index (χ2n) is 3.65. The third-order valence-electron chi connectivity index (χ3n) is 2.46. The van der Waals surface area contributed by atoms with Gasteiger partial charge in [-0.05, 0) is 18.2 Å². The molecule has 0 amide bonds. The van der Waals surface area contributed by atoms with E-state index >= 15 is 0 Å². The molecule has 0 saturated carbocycles. The molecule has 1 N–H and O–H groups in total. The van der Waals surface area contributed by atoms with Crippen LogP contribution in [0.5, 0.6) is 5.88 Å². The Bertz CT molecular complexity index is 290. The highest BCUT2D eigenvalue weighted by Crippen LogP contribution is 2.07. The SMILES string of the molecule is CCC(CSC)NCc1ccc(OC)nc1. The summed E-state index contributed by atoms with van der Waals surface area (Å²) >= 11 is 1.88. The number of nitrogens with one attached hydrogen (secondary N) is 1. The van der Waals surface area contributed by atoms with Gasteiger partial charge in [-0.25, -0.2) is 4.98 Å². The van der Waals surface area contributed by atoms with Gasteiger partial charge in [-0.1, -0.05) is 13.0 Å². The molecule has 0 fully saturated rings. The molecular weight excluding hydrogens is 220 g/mol. The number of hydrogen-bond acceptors (Lipinski definition) is 4. The summed E-state index contributed by atoms with van der Waals surface area (Å²) in [5, 5.41) is 3.52. The van der Waals surface area contributed by atoms with Crippen LogP contribution >= 0.6 is 11.8 Å². The lowest BCUT2D eigenvalue weighted by Gasteiger charge is -2.15. The monoisotopic (exact) mass is 240 g/mol. The highest BCUT2D eigenvalue weighted by atomic mass is 32.2. The Kier molecular flexibility index (Phi) is 6.26. The van der Waals surface area contributed by atoms with Gasteiger partial charge < -0.3 is 10.1 Å². The molecule has 1 aromatic heterocycles. The fourth-order valence-electron chi connectivity index (χ4n) is 1.42. The van der Waals surface area contributed by atoms with Crippen LogP contribution in [0.15, 0.2) is 18.3 Å². The van der Waals surface area contributed by atoms with Crippen LogP contribution in [0.25, 0.3) is 0 Å². The smallest absolute Gasteiger partial charge is 0.212 e. The molecule has 0 spiro atoms. The number of methoxy groups -OCH3 is 1. The van der Waals surface area contributed by atoms with Gasteiger partial charge in [0.15, 0.2) is 0 Å². The zero-order valence-electron chi connectivity index (χ0n) is 10.2. The highest BCUT2D eigenvalue weighted by Gasteiger charge is 2.04. The number of nitrogens with zero attached hydrogens (tertiary/aromatic N) is 1. The summed E-state index contributed by atoms with van der Waals surface area (Å²) in [5.41, 5.74) is 1.19. The molecule has 16 heavy (non-hydrogen) atoms. The van der Waals surface area contributed by atoms with Crippen LogP contribution in [-0.2, 0) is 6.54 Å². The number of rotatable bonds is 7. The van der Waals surface area contributed by atoms with Crippen molar-refractivity contribution in [3.8, 4) is 5.88 Å². The molecule has 0 aliphatic rings. The van der Waals surface area contributed by atoms with E-state index in [9.17, 15) is 0 Å². The summed E-state index contributed by atoms with van der Waals surface area (Å²) < 4.78 is 5.02. The van der Waals surface area contributed by atoms with E-state index in [1.165, 1.54) is 5.56 Å². The molecule has 90 valence electrons. The number of pyridine rings is 1. The van der Waals surface area contributed by atoms with Crippen molar-refractivity contribution in [2.45, 2.75) is 25.9 Å². The van der Waals surface area contributed by atoms with Gasteiger partial charge in [0.25, 0.3) is 0 Å². The lowest BCUT2D eigenvalue weighted by Crippen LogP contribution is -2.30. The zero-order chi connectivity index (χ0) is 11.8. The van der Waals surface area contributed by atoms with Crippen molar-refractivity contribution in [3.05, 3.63) is 23.9 Å². The van der Waals surface area contributed by atoms with Crippen molar-refractivity contribution in [2.24, 2.45) is 0 Å². The Hall–Kier alpha value is -0.740. The Balaban J connectivity index is 2.40. The molecule has 1 rings (SSSR count). The zero-order valence-corrected chi connectivity index (χ0v) is 11.0. The van der Waals surface area contributed by atoms with E-state index in [2.05, 4.69) is 23.5 Å². The number of ether oxygens (including phenoxy) is 1. The molecule has 0 bridgehead atoms. The predicted octanol–water partition coefficient (Wildman–Crippen LogP) is 2.32. The molecule has 0 aliphatic carbocycles. The van der Waals surface area contributed by atoms with Gasteiger partial charge in [0.2, 0.25) is 5.88 Å². The van der Waals surface area contributed by atoms with Crippen LogP contribution in [0.1, 0.15) is 18.9 Å². The van der Waals surface area contributed by atoms with E-state index in [1.54, 1.807) is 7.11 Å². The van der Waals surface area contributed by atoms with Gasteiger partial charge in [0.05, 0.1) is 7.11 Å². The number of thioether (sulfide) groups is 1. The van der Waals surface area contributed by atoms with E-state index in [4.69, 9.17) is 4.74 Å². The van der Waals surface area contributed by atoms with Crippen molar-refractivity contribution < 1.29 is 4.74 Å². The molecule has 0 saturated heterocycles. The van der Waals surface area contributed by atoms with Crippen LogP contribution in [0, 0.1) is 0 Å². The second-order valence-corrected chi connectivity index (χ2v) is 4.56. The Morgan fingerprint density at radius 1 is 1.50 bits per heavy atom. The minimum Gasteiger partial charge on any atom is -0.481 e. The normalized spacial score (nSPS) is 12.4. The summed E-state index contributed by atoms with van der Waals surface area (Å²) in [5.74, 6) is 1.82. The van der Waals surface area contributed by atoms with Crippen molar-refractivity contribution in [2.75, 3.05) is 19.1 Å². The van der Waals surface area contributed by atoms with Gasteiger partial charge in [0.1, 0.15) is 0 Å². The summed E-state index contributed by atoms with van der Waals surface area (Å²) in [6.07, 6.45) is 5.15. The molecule has 0 aromatic carbocycles. The van der Waals surface area contributed by atoms with E-state index in [0.29, 0.717) is 11.9 Å². The van der Waals surface area contributed by atoms with Crippen LogP contribution in [0.4, 0.5) is 0 Å². The van der Waals surface area contributed by atoms with Crippen molar-refractivity contribution in [3.63, 3.8) is 0 Å². The van der Waals surface area contributed by atoms with Crippen LogP contribution in [0.2, 0.25) is 0 Å². The maximum atomic E-state index is 5.02. The molecule has 1 unspecified atom stereocenters. The molecule has 0 aliphatic heterocycles. The van der Waals surface area contributed by atoms with Crippen molar-refractivity contribution in [1.29, 1.82) is 0 Å². The predicted molar refractivity (Wildman–Crippen MR) is 70.1 cm³/mol. The standard InChI is InChI=1S/C12H20N2OS/c1-4-11(9-16-3)13-7-10-5-6-12(15-2)14-8-10/h5-6,8,11,13H,4,7,9H2,1-3H3. The lowest BCUT2D eigenvalue weighted by molar-refractivity contribution is 0.397. The van der Waals surface area contributed by atoms with E-state index in [1.807, 2.05) is 30.1 Å². The minimum atomic E-state index is 0.581. The maximum Gasteiger partial charge on any atom is 0.212 e.